The summed E-state index contributed by atoms with van der Waals surface area (Å²) in [7, 11) is 1.76. The van der Waals surface area contributed by atoms with E-state index in [2.05, 4.69) is 35.3 Å². The molecule has 0 saturated heterocycles. The molecule has 0 bridgehead atoms. The van der Waals surface area contributed by atoms with Gasteiger partial charge in [0.15, 0.2) is 0 Å². The van der Waals surface area contributed by atoms with Gasteiger partial charge in [-0.1, -0.05) is 32.3 Å². The Morgan fingerprint density at radius 2 is 1.80 bits per heavy atom. The molecule has 0 fully saturated rings. The Hall–Kier alpha value is -2.05. The third-order valence-corrected chi connectivity index (χ3v) is 6.27. The zero-order chi connectivity index (χ0) is 21.3. The smallest absolute Gasteiger partial charge is 0.146 e. The first-order valence-electron chi connectivity index (χ1n) is 10.9. The maximum Gasteiger partial charge on any atom is 0.146 e. The first kappa shape index (κ1) is 22.6. The van der Waals surface area contributed by atoms with Crippen LogP contribution in [0.15, 0.2) is 35.2 Å². The lowest BCUT2D eigenvalue weighted by atomic mass is 10.0. The van der Waals surface area contributed by atoms with Gasteiger partial charge < -0.3 is 9.84 Å². The van der Waals surface area contributed by atoms with E-state index in [4.69, 9.17) is 4.74 Å². The number of benzene rings is 2. The molecule has 0 aliphatic heterocycles. The molecule has 0 atom stereocenters. The highest BCUT2D eigenvalue weighted by Crippen LogP contribution is 2.30. The van der Waals surface area contributed by atoms with Crippen molar-refractivity contribution >= 4 is 22.8 Å². The van der Waals surface area contributed by atoms with Gasteiger partial charge in [0, 0.05) is 18.6 Å². The van der Waals surface area contributed by atoms with Crippen LogP contribution in [0.4, 0.5) is 0 Å². The average Bonchev–Trinajstić information content (AvgIpc) is 3.16. The summed E-state index contributed by atoms with van der Waals surface area (Å²) in [6, 6.07) is 10.2. The number of thioether (sulfide) groups is 1. The molecule has 1 heterocycles. The van der Waals surface area contributed by atoms with Crippen molar-refractivity contribution in [3.05, 3.63) is 41.5 Å². The Kier molecular flexibility index (Phi) is 8.58. The highest BCUT2D eigenvalue weighted by atomic mass is 32.2. The van der Waals surface area contributed by atoms with E-state index < -0.39 is 0 Å². The Labute approximate surface area is 183 Å². The van der Waals surface area contributed by atoms with Crippen molar-refractivity contribution in [2.24, 2.45) is 0 Å². The molecule has 0 unspecified atom stereocenters. The van der Waals surface area contributed by atoms with Crippen LogP contribution in [0.3, 0.4) is 0 Å². The van der Waals surface area contributed by atoms with Crippen LogP contribution in [0, 0.1) is 6.92 Å². The number of hydrogen-bond acceptors (Lipinski definition) is 5. The van der Waals surface area contributed by atoms with Crippen molar-refractivity contribution in [3.8, 4) is 11.4 Å². The summed E-state index contributed by atoms with van der Waals surface area (Å²) in [6.45, 7) is 5.06. The van der Waals surface area contributed by atoms with E-state index in [1.54, 1.807) is 11.9 Å². The molecule has 0 aliphatic carbocycles. The van der Waals surface area contributed by atoms with Crippen molar-refractivity contribution in [3.63, 3.8) is 0 Å². The van der Waals surface area contributed by atoms with Crippen molar-refractivity contribution in [2.75, 3.05) is 19.5 Å². The minimum Gasteiger partial charge on any atom is -0.505 e. The van der Waals surface area contributed by atoms with Gasteiger partial charge in [0.25, 0.3) is 0 Å². The van der Waals surface area contributed by atoms with Crippen LogP contribution in [0.5, 0.6) is 5.75 Å². The predicted molar refractivity (Wildman–Crippen MR) is 125 cm³/mol. The number of phenols is 1. The molecule has 2 aromatic carbocycles. The number of hydrogen-bond donors (Lipinski definition) is 1. The van der Waals surface area contributed by atoms with Crippen LogP contribution in [0.2, 0.25) is 0 Å². The molecule has 1 N–H and O–H groups in total. The molecule has 162 valence electrons. The van der Waals surface area contributed by atoms with E-state index in [1.807, 2.05) is 30.8 Å². The van der Waals surface area contributed by atoms with Gasteiger partial charge in [-0.15, -0.1) is 26.8 Å². The van der Waals surface area contributed by atoms with Gasteiger partial charge in [0.05, 0.1) is 0 Å². The third kappa shape index (κ3) is 5.99. The van der Waals surface area contributed by atoms with Gasteiger partial charge in [0.1, 0.15) is 22.5 Å². The molecule has 0 radical (unpaired) electrons. The van der Waals surface area contributed by atoms with Gasteiger partial charge in [0.2, 0.25) is 0 Å². The summed E-state index contributed by atoms with van der Waals surface area (Å²) < 4.78 is 5.09. The fourth-order valence-electron chi connectivity index (χ4n) is 3.53. The third-order valence-electron chi connectivity index (χ3n) is 5.19. The second-order valence-corrected chi connectivity index (χ2v) is 8.96. The largest absolute Gasteiger partial charge is 0.505 e. The molecule has 3 rings (SSSR count). The Balaban J connectivity index is 1.70. The zero-order valence-electron chi connectivity index (χ0n) is 18.4. The number of unbranched alkanes of at least 4 members (excludes halogenated alkanes) is 4. The monoisotopic (exact) mass is 427 g/mol. The van der Waals surface area contributed by atoms with Gasteiger partial charge >= 0.3 is 0 Å². The maximum atomic E-state index is 10.8. The topological polar surface area (TPSA) is 60.2 Å². The Morgan fingerprint density at radius 1 is 1.00 bits per heavy atom. The van der Waals surface area contributed by atoms with Gasteiger partial charge in [-0.3, -0.25) is 0 Å². The summed E-state index contributed by atoms with van der Waals surface area (Å²) in [5.74, 6) is 1.39. The molecule has 5 nitrogen and oxygen atoms in total. The standard InChI is InChI=1S/C24H33N3O2S/c1-4-5-10-19-15-18(2)16-23(24(19)28)27-25-21-12-11-20(17-22(21)26-27)30-14-9-7-6-8-13-29-3/h11-12,15-17,28H,4-10,13-14H2,1-3H3. The SMILES string of the molecule is CCCCc1cc(C)cc(-n2nc3ccc(SCCCCCCOC)cc3n2)c1O. The number of nitrogens with zero attached hydrogens (tertiary/aromatic N) is 3. The Morgan fingerprint density at radius 3 is 2.60 bits per heavy atom. The molecule has 0 amide bonds. The summed E-state index contributed by atoms with van der Waals surface area (Å²) in [5.41, 5.74) is 4.43. The second-order valence-electron chi connectivity index (χ2n) is 7.79. The minimum atomic E-state index is 0.289. The predicted octanol–water partition coefficient (Wildman–Crippen LogP) is 6.08. The van der Waals surface area contributed by atoms with E-state index in [0.717, 1.165) is 60.2 Å². The number of methoxy groups -OCH3 is 1. The summed E-state index contributed by atoms with van der Waals surface area (Å²) in [6.07, 6.45) is 7.82. The molecular weight excluding hydrogens is 394 g/mol. The number of fused-ring (bicyclic) bond motifs is 1. The lowest BCUT2D eigenvalue weighted by Gasteiger charge is -2.10. The van der Waals surface area contributed by atoms with Crippen LogP contribution in [-0.4, -0.2) is 39.6 Å². The van der Waals surface area contributed by atoms with E-state index >= 15 is 0 Å². The number of aromatic hydroxyl groups is 1. The normalized spacial score (nSPS) is 11.4. The molecule has 0 saturated carbocycles. The molecule has 0 aliphatic rings. The molecule has 3 aromatic rings. The van der Waals surface area contributed by atoms with Gasteiger partial charge in [-0.25, -0.2) is 0 Å². The number of rotatable bonds is 12. The molecular formula is C24H33N3O2S. The zero-order valence-corrected chi connectivity index (χ0v) is 19.2. The number of aromatic nitrogens is 3. The Bertz CT molecular complexity index is 955. The lowest BCUT2D eigenvalue weighted by Crippen LogP contribution is -2.02. The van der Waals surface area contributed by atoms with Crippen LogP contribution >= 0.6 is 11.8 Å². The highest BCUT2D eigenvalue weighted by Gasteiger charge is 2.14. The van der Waals surface area contributed by atoms with Crippen LogP contribution in [0.1, 0.15) is 56.6 Å². The molecule has 6 heteroatoms. The molecule has 1 aromatic heterocycles. The van der Waals surface area contributed by atoms with Crippen molar-refractivity contribution in [1.82, 2.24) is 15.0 Å². The number of phenolic OH excluding ortho intramolecular Hbond substituents is 1. The lowest BCUT2D eigenvalue weighted by molar-refractivity contribution is 0.192. The summed E-state index contributed by atoms with van der Waals surface area (Å²) in [5, 5.41) is 20.1. The van der Waals surface area contributed by atoms with E-state index in [9.17, 15) is 5.11 Å². The molecule has 0 spiro atoms. The van der Waals surface area contributed by atoms with Crippen molar-refractivity contribution in [2.45, 2.75) is 63.7 Å². The summed E-state index contributed by atoms with van der Waals surface area (Å²) in [4.78, 5) is 2.79. The number of aryl methyl sites for hydroxylation is 2. The van der Waals surface area contributed by atoms with Crippen LogP contribution < -0.4 is 0 Å². The van der Waals surface area contributed by atoms with Gasteiger partial charge in [-0.2, -0.15) is 0 Å². The fraction of sp³-hybridized carbons (Fsp3) is 0.500. The summed E-state index contributed by atoms with van der Waals surface area (Å²) >= 11 is 1.86. The first-order valence-corrected chi connectivity index (χ1v) is 11.9. The van der Waals surface area contributed by atoms with Crippen LogP contribution in [0.25, 0.3) is 16.7 Å². The fourth-order valence-corrected chi connectivity index (χ4v) is 4.47. The quantitative estimate of drug-likeness (QED) is 0.280. The highest BCUT2D eigenvalue weighted by molar-refractivity contribution is 7.99. The van der Waals surface area contributed by atoms with E-state index in [-0.39, 0.29) is 5.75 Å². The first-order chi connectivity index (χ1) is 14.6. The van der Waals surface area contributed by atoms with Crippen molar-refractivity contribution < 1.29 is 9.84 Å². The van der Waals surface area contributed by atoms with Gasteiger partial charge in [-0.05, 0) is 73.8 Å². The minimum absolute atomic E-state index is 0.289. The van der Waals surface area contributed by atoms with Crippen LogP contribution in [-0.2, 0) is 11.2 Å². The van der Waals surface area contributed by atoms with E-state index in [1.165, 1.54) is 24.2 Å². The second kappa shape index (κ2) is 11.4. The van der Waals surface area contributed by atoms with E-state index in [0.29, 0.717) is 5.69 Å². The van der Waals surface area contributed by atoms with Crippen molar-refractivity contribution in [1.29, 1.82) is 0 Å². The maximum absolute atomic E-state index is 10.8. The molecule has 30 heavy (non-hydrogen) atoms. The average molecular weight is 428 g/mol. The number of ether oxygens (including phenoxy) is 1.